The van der Waals surface area contributed by atoms with Crippen LogP contribution in [0.1, 0.15) is 29.8 Å². The molecule has 4 nitrogen and oxygen atoms in total. The van der Waals surface area contributed by atoms with Gasteiger partial charge in [0.15, 0.2) is 0 Å². The highest BCUT2D eigenvalue weighted by atomic mass is 79.9. The van der Waals surface area contributed by atoms with Crippen molar-refractivity contribution in [2.75, 3.05) is 0 Å². The molecule has 2 rings (SSSR count). The quantitative estimate of drug-likeness (QED) is 0.647. The predicted molar refractivity (Wildman–Crippen MR) is 91.4 cm³/mol. The molecule has 114 valence electrons. The van der Waals surface area contributed by atoms with Crippen molar-refractivity contribution in [1.82, 2.24) is 5.43 Å². The lowest BCUT2D eigenvalue weighted by Crippen LogP contribution is -2.17. The fraction of sp³-hybridized carbons (Fsp3) is 0.176. The Morgan fingerprint density at radius 3 is 2.36 bits per heavy atom. The Labute approximate surface area is 138 Å². The molecule has 5 heteroatoms. The Bertz CT molecular complexity index is 649. The molecule has 0 saturated carbocycles. The van der Waals surface area contributed by atoms with Gasteiger partial charge in [-0.2, -0.15) is 5.10 Å². The van der Waals surface area contributed by atoms with Crippen molar-refractivity contribution >= 4 is 28.1 Å². The van der Waals surface area contributed by atoms with Gasteiger partial charge in [0.25, 0.3) is 5.91 Å². The molecule has 0 fully saturated rings. The van der Waals surface area contributed by atoms with Crippen LogP contribution < -0.4 is 10.2 Å². The monoisotopic (exact) mass is 360 g/mol. The summed E-state index contributed by atoms with van der Waals surface area (Å²) in [6, 6.07) is 14.6. The molecule has 0 heterocycles. The van der Waals surface area contributed by atoms with Crippen LogP contribution in [0.2, 0.25) is 0 Å². The summed E-state index contributed by atoms with van der Waals surface area (Å²) < 4.78 is 6.49. The Hall–Kier alpha value is -2.14. The highest BCUT2D eigenvalue weighted by Gasteiger charge is 2.03. The molecule has 2 aromatic rings. The summed E-state index contributed by atoms with van der Waals surface area (Å²) >= 11 is 3.33. The van der Waals surface area contributed by atoms with Crippen LogP contribution in [0, 0.1) is 0 Å². The van der Waals surface area contributed by atoms with Crippen molar-refractivity contribution in [2.24, 2.45) is 5.10 Å². The number of nitrogens with zero attached hydrogens (tertiary/aromatic N) is 1. The van der Waals surface area contributed by atoms with E-state index in [1.54, 1.807) is 18.3 Å². The van der Waals surface area contributed by atoms with Gasteiger partial charge in [-0.3, -0.25) is 4.79 Å². The molecule has 0 aliphatic heterocycles. The number of hydrogen-bond donors (Lipinski definition) is 1. The minimum atomic E-state index is -0.247. The van der Waals surface area contributed by atoms with E-state index in [4.69, 9.17) is 4.74 Å². The lowest BCUT2D eigenvalue weighted by atomic mass is 10.2. The average molecular weight is 361 g/mol. The molecule has 0 atom stereocenters. The Morgan fingerprint density at radius 2 is 1.77 bits per heavy atom. The molecule has 22 heavy (non-hydrogen) atoms. The van der Waals surface area contributed by atoms with E-state index in [1.807, 2.05) is 50.2 Å². The number of halogens is 1. The lowest BCUT2D eigenvalue weighted by molar-refractivity contribution is 0.0955. The molecule has 1 amide bonds. The van der Waals surface area contributed by atoms with E-state index >= 15 is 0 Å². The molecule has 0 unspecified atom stereocenters. The van der Waals surface area contributed by atoms with E-state index in [-0.39, 0.29) is 12.0 Å². The van der Waals surface area contributed by atoms with Crippen LogP contribution in [0.3, 0.4) is 0 Å². The maximum absolute atomic E-state index is 11.9. The third-order valence-electron chi connectivity index (χ3n) is 2.74. The number of hydrogen-bond acceptors (Lipinski definition) is 3. The van der Waals surface area contributed by atoms with Gasteiger partial charge in [0.2, 0.25) is 0 Å². The van der Waals surface area contributed by atoms with Crippen molar-refractivity contribution in [1.29, 1.82) is 0 Å². The van der Waals surface area contributed by atoms with Crippen molar-refractivity contribution < 1.29 is 9.53 Å². The van der Waals surface area contributed by atoms with Gasteiger partial charge in [-0.25, -0.2) is 5.43 Å². The second kappa shape index (κ2) is 7.75. The molecular weight excluding hydrogens is 344 g/mol. The normalized spacial score (nSPS) is 10.9. The molecule has 0 aromatic heterocycles. The first kappa shape index (κ1) is 16.2. The average Bonchev–Trinajstić information content (AvgIpc) is 2.49. The Balaban J connectivity index is 1.91. The predicted octanol–water partition coefficient (Wildman–Crippen LogP) is 4.00. The summed E-state index contributed by atoms with van der Waals surface area (Å²) in [7, 11) is 0. The van der Waals surface area contributed by atoms with Crippen molar-refractivity contribution in [3.63, 3.8) is 0 Å². The number of ether oxygens (including phenoxy) is 1. The van der Waals surface area contributed by atoms with Gasteiger partial charge in [0.05, 0.1) is 12.3 Å². The van der Waals surface area contributed by atoms with E-state index in [0.717, 1.165) is 15.8 Å². The fourth-order valence-corrected chi connectivity index (χ4v) is 2.00. The number of carbonyl (C=O) groups is 1. The van der Waals surface area contributed by atoms with Gasteiger partial charge in [-0.1, -0.05) is 15.9 Å². The van der Waals surface area contributed by atoms with Crippen LogP contribution in [0.4, 0.5) is 0 Å². The van der Waals surface area contributed by atoms with Crippen molar-refractivity contribution in [2.45, 2.75) is 20.0 Å². The first-order valence-electron chi connectivity index (χ1n) is 6.90. The zero-order chi connectivity index (χ0) is 15.9. The minimum absolute atomic E-state index is 0.143. The maximum Gasteiger partial charge on any atom is 0.271 e. The summed E-state index contributed by atoms with van der Waals surface area (Å²) in [5.74, 6) is 0.564. The number of amides is 1. The molecule has 0 aliphatic rings. The Kier molecular flexibility index (Phi) is 5.72. The van der Waals surface area contributed by atoms with E-state index < -0.39 is 0 Å². The third kappa shape index (κ3) is 5.00. The highest BCUT2D eigenvalue weighted by Crippen LogP contribution is 2.13. The second-order valence-electron chi connectivity index (χ2n) is 4.94. The molecule has 0 spiro atoms. The molecule has 0 saturated heterocycles. The number of carbonyl (C=O) groups excluding carboxylic acids is 1. The molecule has 1 N–H and O–H groups in total. The summed E-state index contributed by atoms with van der Waals surface area (Å²) in [4.78, 5) is 11.9. The van der Waals surface area contributed by atoms with E-state index in [2.05, 4.69) is 26.5 Å². The molecule has 0 aliphatic carbocycles. The largest absolute Gasteiger partial charge is 0.491 e. The lowest BCUT2D eigenvalue weighted by Gasteiger charge is -2.09. The summed E-state index contributed by atoms with van der Waals surface area (Å²) in [6.07, 6.45) is 1.74. The number of nitrogens with one attached hydrogen (secondary N) is 1. The van der Waals surface area contributed by atoms with E-state index in [1.165, 1.54) is 0 Å². The van der Waals surface area contributed by atoms with Gasteiger partial charge in [-0.15, -0.1) is 0 Å². The summed E-state index contributed by atoms with van der Waals surface area (Å²) in [6.45, 7) is 3.96. The van der Waals surface area contributed by atoms with Crippen molar-refractivity contribution in [3.05, 3.63) is 64.1 Å². The van der Waals surface area contributed by atoms with E-state index in [0.29, 0.717) is 5.56 Å². The maximum atomic E-state index is 11.9. The molecular formula is C17H17BrN2O2. The standard InChI is InChI=1S/C17H17BrN2O2/c1-12(2)22-16-9-3-13(4-10-16)11-19-20-17(21)14-5-7-15(18)8-6-14/h3-12H,1-2H3,(H,20,21). The molecule has 0 radical (unpaired) electrons. The van der Waals surface area contributed by atoms with Gasteiger partial charge in [-0.05, 0) is 67.9 Å². The first-order valence-corrected chi connectivity index (χ1v) is 7.69. The number of benzene rings is 2. The van der Waals surface area contributed by atoms with Crippen LogP contribution in [0.5, 0.6) is 5.75 Å². The van der Waals surface area contributed by atoms with Crippen molar-refractivity contribution in [3.8, 4) is 5.75 Å². The van der Waals surface area contributed by atoms with Crippen LogP contribution in [-0.2, 0) is 0 Å². The zero-order valence-electron chi connectivity index (χ0n) is 12.4. The summed E-state index contributed by atoms with van der Waals surface area (Å²) in [5, 5.41) is 3.95. The van der Waals surface area contributed by atoms with Crippen LogP contribution in [-0.4, -0.2) is 18.2 Å². The second-order valence-corrected chi connectivity index (χ2v) is 5.86. The SMILES string of the molecule is CC(C)Oc1ccc(C=NNC(=O)c2ccc(Br)cc2)cc1. The van der Waals surface area contributed by atoms with Gasteiger partial charge >= 0.3 is 0 Å². The summed E-state index contributed by atoms with van der Waals surface area (Å²) in [5.41, 5.74) is 3.94. The van der Waals surface area contributed by atoms with Crippen LogP contribution in [0.15, 0.2) is 58.1 Å². The van der Waals surface area contributed by atoms with E-state index in [9.17, 15) is 4.79 Å². The molecule has 2 aromatic carbocycles. The van der Waals surface area contributed by atoms with Gasteiger partial charge in [0, 0.05) is 10.0 Å². The number of rotatable bonds is 5. The fourth-order valence-electron chi connectivity index (χ4n) is 1.74. The molecule has 0 bridgehead atoms. The van der Waals surface area contributed by atoms with Crippen LogP contribution in [0.25, 0.3) is 0 Å². The highest BCUT2D eigenvalue weighted by molar-refractivity contribution is 9.10. The minimum Gasteiger partial charge on any atom is -0.491 e. The number of hydrazone groups is 1. The smallest absolute Gasteiger partial charge is 0.271 e. The van der Waals surface area contributed by atoms with Gasteiger partial charge in [0.1, 0.15) is 5.75 Å². The first-order chi connectivity index (χ1) is 10.5. The Morgan fingerprint density at radius 1 is 1.14 bits per heavy atom. The topological polar surface area (TPSA) is 50.7 Å². The zero-order valence-corrected chi connectivity index (χ0v) is 14.0. The van der Waals surface area contributed by atoms with Crippen LogP contribution >= 0.6 is 15.9 Å². The van der Waals surface area contributed by atoms with Gasteiger partial charge < -0.3 is 4.74 Å². The third-order valence-corrected chi connectivity index (χ3v) is 3.27.